The van der Waals surface area contributed by atoms with E-state index in [0.717, 1.165) is 29.8 Å². The minimum Gasteiger partial charge on any atom is -0.476 e. The molecule has 2 aromatic carbocycles. The number of aromatic nitrogens is 2. The second-order valence-corrected chi connectivity index (χ2v) is 13.9. The third-order valence-electron chi connectivity index (χ3n) is 7.76. The van der Waals surface area contributed by atoms with Gasteiger partial charge in [0.15, 0.2) is 0 Å². The molecule has 0 fully saturated rings. The predicted octanol–water partition coefficient (Wildman–Crippen LogP) is 9.82. The minimum atomic E-state index is -4.37. The lowest BCUT2D eigenvalue weighted by Gasteiger charge is -2.25. The van der Waals surface area contributed by atoms with Crippen molar-refractivity contribution in [3.8, 4) is 34.0 Å². The smallest absolute Gasteiger partial charge is 0.416 e. The zero-order valence-corrected chi connectivity index (χ0v) is 30.7. The number of amides is 1. The molecule has 0 aliphatic heterocycles. The molecular formula is C39H46F6N4O4. The van der Waals surface area contributed by atoms with Gasteiger partial charge in [-0.1, -0.05) is 52.0 Å². The minimum absolute atomic E-state index is 0.0774. The fraction of sp³-hybridized carbons (Fsp3) is 0.410. The first kappa shape index (κ1) is 42.6. The molecule has 0 aliphatic carbocycles. The van der Waals surface area contributed by atoms with E-state index in [4.69, 9.17) is 19.9 Å². The van der Waals surface area contributed by atoms with Crippen molar-refractivity contribution in [2.75, 3.05) is 13.2 Å². The molecule has 288 valence electrons. The zero-order chi connectivity index (χ0) is 39.6. The number of benzene rings is 2. The van der Waals surface area contributed by atoms with Crippen LogP contribution in [0.4, 0.5) is 31.1 Å². The zero-order valence-electron chi connectivity index (χ0n) is 30.7. The molecule has 4 aromatic rings. The maximum atomic E-state index is 12.7. The Morgan fingerprint density at radius 2 is 1.04 bits per heavy atom. The first-order valence-corrected chi connectivity index (χ1v) is 16.9. The SMILES string of the molecule is CC(C)[C@@H](COc1ccc(-c2ccc(C(F)(F)F)cc2)cn1)NC(=O)OC(C)(C)C.CC(C)[C@H](N)COc1ccc(-c2ccc(C(F)(F)F)cc2)cn1. The molecule has 0 aliphatic rings. The Morgan fingerprint density at radius 3 is 1.36 bits per heavy atom. The van der Waals surface area contributed by atoms with Gasteiger partial charge in [-0.25, -0.2) is 14.8 Å². The van der Waals surface area contributed by atoms with Crippen molar-refractivity contribution in [2.24, 2.45) is 17.6 Å². The van der Waals surface area contributed by atoms with Crippen LogP contribution in [0.5, 0.6) is 11.8 Å². The van der Waals surface area contributed by atoms with E-state index in [9.17, 15) is 31.1 Å². The molecule has 3 N–H and O–H groups in total. The van der Waals surface area contributed by atoms with Crippen molar-refractivity contribution >= 4 is 6.09 Å². The Morgan fingerprint density at radius 1 is 0.642 bits per heavy atom. The summed E-state index contributed by atoms with van der Waals surface area (Å²) in [5, 5.41) is 2.79. The lowest BCUT2D eigenvalue weighted by Crippen LogP contribution is -2.45. The van der Waals surface area contributed by atoms with Crippen molar-refractivity contribution in [2.45, 2.75) is 78.5 Å². The van der Waals surface area contributed by atoms with E-state index in [1.165, 1.54) is 30.5 Å². The Labute approximate surface area is 306 Å². The van der Waals surface area contributed by atoms with Crippen molar-refractivity contribution in [1.29, 1.82) is 0 Å². The van der Waals surface area contributed by atoms with Crippen LogP contribution in [-0.4, -0.2) is 47.0 Å². The van der Waals surface area contributed by atoms with E-state index in [1.807, 2.05) is 27.7 Å². The summed E-state index contributed by atoms with van der Waals surface area (Å²) in [6, 6.07) is 16.3. The van der Waals surface area contributed by atoms with Crippen LogP contribution >= 0.6 is 0 Å². The lowest BCUT2D eigenvalue weighted by atomic mass is 10.1. The van der Waals surface area contributed by atoms with E-state index in [1.54, 1.807) is 51.2 Å². The van der Waals surface area contributed by atoms with Crippen molar-refractivity contribution in [3.05, 3.63) is 96.3 Å². The average molecular weight is 749 g/mol. The number of carbonyl (C=O) groups excluding carboxylic acids is 1. The highest BCUT2D eigenvalue weighted by molar-refractivity contribution is 5.68. The average Bonchev–Trinajstić information content (AvgIpc) is 3.08. The normalized spacial score (nSPS) is 13.1. The summed E-state index contributed by atoms with van der Waals surface area (Å²) in [5.74, 6) is 1.20. The second kappa shape index (κ2) is 18.3. The third-order valence-corrected chi connectivity index (χ3v) is 7.76. The van der Waals surface area contributed by atoms with Crippen LogP contribution in [0.1, 0.15) is 59.6 Å². The summed E-state index contributed by atoms with van der Waals surface area (Å²) in [7, 11) is 0. The van der Waals surface area contributed by atoms with Gasteiger partial charge in [0.05, 0.1) is 17.2 Å². The van der Waals surface area contributed by atoms with E-state index >= 15 is 0 Å². The van der Waals surface area contributed by atoms with E-state index in [0.29, 0.717) is 41.0 Å². The molecule has 8 nitrogen and oxygen atoms in total. The second-order valence-electron chi connectivity index (χ2n) is 13.9. The maximum Gasteiger partial charge on any atom is 0.416 e. The molecule has 2 atom stereocenters. The Hall–Kier alpha value is -4.85. The Kier molecular flexibility index (Phi) is 14.7. The quantitative estimate of drug-likeness (QED) is 0.147. The van der Waals surface area contributed by atoms with Crippen LogP contribution in [0, 0.1) is 11.8 Å². The summed E-state index contributed by atoms with van der Waals surface area (Å²) >= 11 is 0. The number of rotatable bonds is 11. The molecule has 0 bridgehead atoms. The van der Waals surface area contributed by atoms with Crippen LogP contribution in [-0.2, 0) is 17.1 Å². The van der Waals surface area contributed by atoms with Gasteiger partial charge in [0, 0.05) is 41.7 Å². The van der Waals surface area contributed by atoms with Gasteiger partial charge < -0.3 is 25.3 Å². The molecule has 2 aromatic heterocycles. The topological polar surface area (TPSA) is 109 Å². The molecule has 0 saturated heterocycles. The van der Waals surface area contributed by atoms with Crippen LogP contribution in [0.3, 0.4) is 0 Å². The van der Waals surface area contributed by atoms with Gasteiger partial charge >= 0.3 is 18.4 Å². The number of hydrogen-bond donors (Lipinski definition) is 2. The number of nitrogens with zero attached hydrogens (tertiary/aromatic N) is 2. The first-order chi connectivity index (χ1) is 24.6. The molecule has 53 heavy (non-hydrogen) atoms. The number of hydrogen-bond acceptors (Lipinski definition) is 7. The molecule has 1 amide bonds. The molecular weight excluding hydrogens is 702 g/mol. The molecule has 2 heterocycles. The first-order valence-electron chi connectivity index (χ1n) is 16.9. The van der Waals surface area contributed by atoms with Gasteiger partial charge in [0.1, 0.15) is 18.8 Å². The largest absolute Gasteiger partial charge is 0.476 e. The highest BCUT2D eigenvalue weighted by Gasteiger charge is 2.31. The molecule has 0 spiro atoms. The van der Waals surface area contributed by atoms with Gasteiger partial charge in [-0.2, -0.15) is 26.3 Å². The fourth-order valence-electron chi connectivity index (χ4n) is 4.39. The van der Waals surface area contributed by atoms with Crippen molar-refractivity contribution in [1.82, 2.24) is 15.3 Å². The molecule has 4 rings (SSSR count). The Balaban J connectivity index is 0.000000295. The Bertz CT molecular complexity index is 1700. The monoisotopic (exact) mass is 748 g/mol. The molecule has 0 radical (unpaired) electrons. The fourth-order valence-corrected chi connectivity index (χ4v) is 4.39. The van der Waals surface area contributed by atoms with Gasteiger partial charge in [-0.15, -0.1) is 0 Å². The van der Waals surface area contributed by atoms with E-state index < -0.39 is 35.2 Å². The molecule has 0 saturated carbocycles. The number of ether oxygens (including phenoxy) is 3. The van der Waals surface area contributed by atoms with Crippen LogP contribution in [0.25, 0.3) is 22.3 Å². The molecule has 0 unspecified atom stereocenters. The van der Waals surface area contributed by atoms with Gasteiger partial charge in [-0.05, 0) is 80.1 Å². The highest BCUT2D eigenvalue weighted by Crippen LogP contribution is 2.32. The number of alkyl halides is 6. The van der Waals surface area contributed by atoms with Crippen LogP contribution in [0.15, 0.2) is 85.2 Å². The number of nitrogens with two attached hydrogens (primary N) is 1. The number of halogens is 6. The highest BCUT2D eigenvalue weighted by atomic mass is 19.4. The number of pyridine rings is 2. The van der Waals surface area contributed by atoms with E-state index in [-0.39, 0.29) is 24.6 Å². The summed E-state index contributed by atoms with van der Waals surface area (Å²) in [4.78, 5) is 20.4. The van der Waals surface area contributed by atoms with Crippen LogP contribution in [0.2, 0.25) is 0 Å². The van der Waals surface area contributed by atoms with Gasteiger partial charge in [0.25, 0.3) is 0 Å². The number of alkyl carbamates (subject to hydrolysis) is 1. The van der Waals surface area contributed by atoms with Gasteiger partial charge in [-0.3, -0.25) is 0 Å². The van der Waals surface area contributed by atoms with E-state index in [2.05, 4.69) is 15.3 Å². The van der Waals surface area contributed by atoms with Crippen molar-refractivity contribution < 1.29 is 45.3 Å². The number of carbonyl (C=O) groups is 1. The predicted molar refractivity (Wildman–Crippen MR) is 191 cm³/mol. The molecule has 14 heteroatoms. The van der Waals surface area contributed by atoms with Gasteiger partial charge in [0.2, 0.25) is 11.8 Å². The summed E-state index contributed by atoms with van der Waals surface area (Å²) < 4.78 is 92.1. The standard InChI is InChI=1S/C22H27F3N2O3.C17H19F3N2O/c1-14(2)18(27-20(28)30-21(3,4)5)13-29-19-11-8-16(12-26-19)15-6-9-17(10-7-15)22(23,24)25;1-11(2)15(21)10-23-16-8-5-13(9-22-16)12-3-6-14(7-4-12)17(18,19)20/h6-12,14,18H,13H2,1-5H3,(H,27,28);3-9,11,15H,10,21H2,1-2H3/t18-;15-/m11/s1. The third kappa shape index (κ3) is 14.2. The summed E-state index contributed by atoms with van der Waals surface area (Å²) in [5.41, 5.74) is 6.60. The van der Waals surface area contributed by atoms with Crippen LogP contribution < -0.4 is 20.5 Å². The number of nitrogens with one attached hydrogen (secondary N) is 1. The summed E-state index contributed by atoms with van der Waals surface area (Å²) in [6.07, 6.45) is -6.11. The van der Waals surface area contributed by atoms with Crippen molar-refractivity contribution in [3.63, 3.8) is 0 Å². The lowest BCUT2D eigenvalue weighted by molar-refractivity contribution is -0.138. The summed E-state index contributed by atoms with van der Waals surface area (Å²) in [6.45, 7) is 13.8. The maximum absolute atomic E-state index is 12.7.